The Morgan fingerprint density at radius 3 is 2.10 bits per heavy atom. The minimum absolute atomic E-state index is 0.570. The molecule has 0 saturated heterocycles. The van der Waals surface area contributed by atoms with Gasteiger partial charge in [0.15, 0.2) is 0 Å². The molecule has 0 nitrogen and oxygen atoms in total. The number of hydrogen-bond donors (Lipinski definition) is 0. The Morgan fingerprint density at radius 2 is 1.50 bits per heavy atom. The lowest BCUT2D eigenvalue weighted by Gasteiger charge is -2.07. The summed E-state index contributed by atoms with van der Waals surface area (Å²) in [6.45, 7) is 3.64. The first kappa shape index (κ1) is 16.8. The topological polar surface area (TPSA) is 0 Å². The molecule has 0 amide bonds. The lowest BCUT2D eigenvalue weighted by molar-refractivity contribution is -0.137. The van der Waals surface area contributed by atoms with E-state index in [1.807, 2.05) is 6.08 Å². The molecule has 0 fully saturated rings. The lowest BCUT2D eigenvalue weighted by atomic mass is 10.0. The summed E-state index contributed by atoms with van der Waals surface area (Å²) in [4.78, 5) is 0. The Labute approximate surface area is 119 Å². The third-order valence-corrected chi connectivity index (χ3v) is 3.28. The van der Waals surface area contributed by atoms with Crippen molar-refractivity contribution in [3.63, 3.8) is 0 Å². The highest BCUT2D eigenvalue weighted by atomic mass is 19.4. The Hall–Kier alpha value is -1.25. The van der Waals surface area contributed by atoms with Crippen molar-refractivity contribution in [2.24, 2.45) is 0 Å². The minimum atomic E-state index is -4.24. The molecule has 0 aliphatic heterocycles. The van der Waals surface area contributed by atoms with Gasteiger partial charge in [-0.3, -0.25) is 0 Å². The van der Waals surface area contributed by atoms with Crippen LogP contribution in [0.2, 0.25) is 0 Å². The molecule has 0 aliphatic rings. The summed E-state index contributed by atoms with van der Waals surface area (Å²) in [5, 5.41) is 0. The molecule has 1 aromatic rings. The van der Waals surface area contributed by atoms with Gasteiger partial charge in [-0.15, -0.1) is 0 Å². The van der Waals surface area contributed by atoms with Crippen molar-refractivity contribution < 1.29 is 13.2 Å². The molecule has 0 bridgehead atoms. The van der Waals surface area contributed by atoms with Gasteiger partial charge in [0, 0.05) is 0 Å². The van der Waals surface area contributed by atoms with Crippen LogP contribution in [0.25, 0.3) is 0 Å². The second kappa shape index (κ2) is 8.83. The average molecular weight is 283 g/mol. The van der Waals surface area contributed by atoms with Crippen molar-refractivity contribution in [1.82, 2.24) is 0 Å². The standard InChI is InChI=1S/C17H22F3/c1-2-3-4-5-6-7-8-9-10-15-11-13-16(14-12-15)17(18,19)20/h2-3,11-14H,1,4-10H2/b3-2+. The van der Waals surface area contributed by atoms with Crippen LogP contribution in [0.5, 0.6) is 0 Å². The number of hydrogen-bond acceptors (Lipinski definition) is 0. The molecule has 1 rings (SSSR count). The highest BCUT2D eigenvalue weighted by Gasteiger charge is 2.29. The SMILES string of the molecule is [CH2]/C=C/CCCCCCCc1ccc(C(F)(F)F)cc1. The first-order valence-corrected chi connectivity index (χ1v) is 7.14. The van der Waals surface area contributed by atoms with Gasteiger partial charge < -0.3 is 0 Å². The highest BCUT2D eigenvalue weighted by Crippen LogP contribution is 2.29. The van der Waals surface area contributed by atoms with E-state index in [0.29, 0.717) is 0 Å². The van der Waals surface area contributed by atoms with E-state index in [0.717, 1.165) is 31.2 Å². The maximum atomic E-state index is 12.4. The van der Waals surface area contributed by atoms with Crippen molar-refractivity contribution in [2.75, 3.05) is 0 Å². The average Bonchev–Trinajstić information content (AvgIpc) is 2.41. The number of unbranched alkanes of at least 4 members (excludes halogenated alkanes) is 5. The molecule has 0 spiro atoms. The predicted molar refractivity (Wildman–Crippen MR) is 77.3 cm³/mol. The van der Waals surface area contributed by atoms with E-state index in [1.165, 1.54) is 31.4 Å². The van der Waals surface area contributed by atoms with Crippen molar-refractivity contribution in [1.29, 1.82) is 0 Å². The third-order valence-electron chi connectivity index (χ3n) is 3.28. The van der Waals surface area contributed by atoms with E-state index in [9.17, 15) is 13.2 Å². The van der Waals surface area contributed by atoms with Gasteiger partial charge in [0.25, 0.3) is 0 Å². The van der Waals surface area contributed by atoms with Gasteiger partial charge in [0.1, 0.15) is 0 Å². The van der Waals surface area contributed by atoms with E-state index >= 15 is 0 Å². The summed E-state index contributed by atoms with van der Waals surface area (Å²) in [6, 6.07) is 5.50. The van der Waals surface area contributed by atoms with Crippen LogP contribution in [0, 0.1) is 6.92 Å². The van der Waals surface area contributed by atoms with Gasteiger partial charge in [-0.25, -0.2) is 0 Å². The van der Waals surface area contributed by atoms with Crippen LogP contribution in [0.1, 0.15) is 49.7 Å². The van der Waals surface area contributed by atoms with Gasteiger partial charge in [-0.05, 0) is 50.3 Å². The summed E-state index contributed by atoms with van der Waals surface area (Å²) in [6.07, 6.45) is 7.36. The number of halogens is 3. The van der Waals surface area contributed by atoms with Gasteiger partial charge in [-0.1, -0.05) is 43.5 Å². The van der Waals surface area contributed by atoms with Crippen molar-refractivity contribution in [2.45, 2.75) is 51.1 Å². The molecule has 0 aromatic heterocycles. The maximum absolute atomic E-state index is 12.4. The molecular formula is C17H22F3. The van der Waals surface area contributed by atoms with Crippen LogP contribution >= 0.6 is 0 Å². The molecule has 0 N–H and O–H groups in total. The number of allylic oxidation sites excluding steroid dienone is 2. The Kier molecular flexibility index (Phi) is 7.42. The monoisotopic (exact) mass is 283 g/mol. The quantitative estimate of drug-likeness (QED) is 0.515. The molecule has 0 saturated carbocycles. The first-order valence-electron chi connectivity index (χ1n) is 7.14. The number of rotatable bonds is 8. The largest absolute Gasteiger partial charge is 0.416 e. The molecule has 1 aromatic carbocycles. The summed E-state index contributed by atoms with van der Waals surface area (Å²) in [7, 11) is 0. The zero-order valence-electron chi connectivity index (χ0n) is 11.8. The maximum Gasteiger partial charge on any atom is 0.416 e. The third kappa shape index (κ3) is 6.78. The molecule has 3 heteroatoms. The fourth-order valence-corrected chi connectivity index (χ4v) is 2.10. The van der Waals surface area contributed by atoms with E-state index in [4.69, 9.17) is 0 Å². The van der Waals surface area contributed by atoms with E-state index in [1.54, 1.807) is 12.1 Å². The molecule has 20 heavy (non-hydrogen) atoms. The Morgan fingerprint density at radius 1 is 0.900 bits per heavy atom. The molecular weight excluding hydrogens is 261 g/mol. The predicted octanol–water partition coefficient (Wildman–Crippen LogP) is 5.98. The van der Waals surface area contributed by atoms with Crippen molar-refractivity contribution in [3.05, 3.63) is 54.5 Å². The minimum Gasteiger partial charge on any atom is -0.166 e. The second-order valence-electron chi connectivity index (χ2n) is 4.97. The van der Waals surface area contributed by atoms with E-state index in [2.05, 4.69) is 13.0 Å². The normalized spacial score (nSPS) is 12.2. The molecule has 1 radical (unpaired) electrons. The van der Waals surface area contributed by atoms with E-state index in [-0.39, 0.29) is 0 Å². The number of alkyl halides is 3. The molecule has 0 heterocycles. The smallest absolute Gasteiger partial charge is 0.166 e. The van der Waals surface area contributed by atoms with Crippen LogP contribution in [0.4, 0.5) is 13.2 Å². The van der Waals surface area contributed by atoms with Crippen LogP contribution in [0.15, 0.2) is 36.4 Å². The summed E-state index contributed by atoms with van der Waals surface area (Å²) >= 11 is 0. The highest BCUT2D eigenvalue weighted by molar-refractivity contribution is 5.24. The molecule has 0 atom stereocenters. The molecule has 0 unspecified atom stereocenters. The zero-order chi connectivity index (χ0) is 14.8. The van der Waals surface area contributed by atoms with Gasteiger partial charge in [0.05, 0.1) is 5.56 Å². The number of aryl methyl sites for hydroxylation is 1. The first-order chi connectivity index (χ1) is 9.54. The van der Waals surface area contributed by atoms with Gasteiger partial charge >= 0.3 is 6.18 Å². The van der Waals surface area contributed by atoms with Gasteiger partial charge in [-0.2, -0.15) is 13.2 Å². The summed E-state index contributed by atoms with van der Waals surface area (Å²) < 4.78 is 37.2. The zero-order valence-corrected chi connectivity index (χ0v) is 11.8. The Bertz CT molecular complexity index is 388. The van der Waals surface area contributed by atoms with Gasteiger partial charge in [0.2, 0.25) is 0 Å². The summed E-state index contributed by atoms with van der Waals surface area (Å²) in [5.74, 6) is 0. The molecule has 0 aliphatic carbocycles. The second-order valence-corrected chi connectivity index (χ2v) is 4.97. The fraction of sp³-hybridized carbons (Fsp3) is 0.471. The van der Waals surface area contributed by atoms with Crippen molar-refractivity contribution >= 4 is 0 Å². The summed E-state index contributed by atoms with van der Waals surface area (Å²) in [5.41, 5.74) is 0.415. The Balaban J connectivity index is 2.16. The number of benzene rings is 1. The van der Waals surface area contributed by atoms with E-state index < -0.39 is 11.7 Å². The van der Waals surface area contributed by atoms with Crippen LogP contribution in [-0.4, -0.2) is 0 Å². The lowest BCUT2D eigenvalue weighted by Crippen LogP contribution is -2.04. The van der Waals surface area contributed by atoms with Crippen LogP contribution in [-0.2, 0) is 12.6 Å². The molecule has 111 valence electrons. The fourth-order valence-electron chi connectivity index (χ4n) is 2.10. The van der Waals surface area contributed by atoms with Crippen LogP contribution in [0.3, 0.4) is 0 Å². The van der Waals surface area contributed by atoms with Crippen molar-refractivity contribution in [3.8, 4) is 0 Å². The van der Waals surface area contributed by atoms with Crippen LogP contribution < -0.4 is 0 Å².